The summed E-state index contributed by atoms with van der Waals surface area (Å²) < 4.78 is 22.2. The predicted octanol–water partition coefficient (Wildman–Crippen LogP) is 5.61. The second-order valence-electron chi connectivity index (χ2n) is 8.41. The van der Waals surface area contributed by atoms with E-state index in [0.717, 1.165) is 4.47 Å². The Bertz CT molecular complexity index is 1500. The SMILES string of the molecule is COC(=O)c1oc2c(c1C(=O)OC)N(c1ccc(OC)cc1)[C@H](c1ccccn1)[C@H](O)c1cc(Br)ccc1-2. The molecule has 0 aliphatic carbocycles. The van der Waals surface area contributed by atoms with Crippen LogP contribution in [0.3, 0.4) is 0 Å². The molecule has 0 radical (unpaired) electrons. The third kappa shape index (κ3) is 4.21. The van der Waals surface area contributed by atoms with E-state index in [9.17, 15) is 14.7 Å². The average molecular weight is 579 g/mol. The molecule has 2 atom stereocenters. The molecular weight excluding hydrogens is 556 g/mol. The van der Waals surface area contributed by atoms with Crippen molar-refractivity contribution >= 4 is 39.2 Å². The van der Waals surface area contributed by atoms with Gasteiger partial charge in [0, 0.05) is 21.9 Å². The number of carbonyl (C=O) groups excluding carboxylic acids is 2. The molecule has 0 bridgehead atoms. The summed E-state index contributed by atoms with van der Waals surface area (Å²) in [5.41, 5.74) is 2.20. The summed E-state index contributed by atoms with van der Waals surface area (Å²) in [7, 11) is 3.97. The van der Waals surface area contributed by atoms with Crippen LogP contribution in [-0.4, -0.2) is 43.4 Å². The minimum Gasteiger partial charge on any atom is -0.497 e. The number of pyridine rings is 1. The summed E-state index contributed by atoms with van der Waals surface area (Å²) in [5, 5.41) is 11.9. The molecule has 38 heavy (non-hydrogen) atoms. The van der Waals surface area contributed by atoms with Crippen LogP contribution in [0.1, 0.15) is 44.3 Å². The number of rotatable bonds is 5. The maximum Gasteiger partial charge on any atom is 0.374 e. The van der Waals surface area contributed by atoms with Gasteiger partial charge in [-0.2, -0.15) is 0 Å². The number of fused-ring (bicyclic) bond motifs is 3. The van der Waals surface area contributed by atoms with E-state index in [-0.39, 0.29) is 22.8 Å². The van der Waals surface area contributed by atoms with Gasteiger partial charge in [-0.1, -0.05) is 22.0 Å². The first kappa shape index (κ1) is 25.5. The molecule has 0 fully saturated rings. The molecule has 0 saturated carbocycles. The van der Waals surface area contributed by atoms with Crippen molar-refractivity contribution in [1.29, 1.82) is 0 Å². The Kier molecular flexibility index (Phi) is 6.92. The number of aliphatic hydroxyl groups excluding tert-OH is 1. The van der Waals surface area contributed by atoms with Gasteiger partial charge in [-0.3, -0.25) is 4.98 Å². The summed E-state index contributed by atoms with van der Waals surface area (Å²) in [4.78, 5) is 32.4. The number of hydrogen-bond donors (Lipinski definition) is 1. The lowest BCUT2D eigenvalue weighted by atomic mass is 9.95. The Hall–Kier alpha value is -4.15. The molecule has 5 rings (SSSR count). The fraction of sp³-hybridized carbons (Fsp3) is 0.179. The maximum atomic E-state index is 13.2. The summed E-state index contributed by atoms with van der Waals surface area (Å²) in [6.45, 7) is 0. The maximum absolute atomic E-state index is 13.2. The van der Waals surface area contributed by atoms with Gasteiger partial charge < -0.3 is 28.6 Å². The molecular formula is C28H23BrN2O7. The molecule has 0 amide bonds. The Morgan fingerprint density at radius 3 is 2.37 bits per heavy atom. The Balaban J connectivity index is 1.93. The van der Waals surface area contributed by atoms with Crippen LogP contribution in [-0.2, 0) is 9.47 Å². The van der Waals surface area contributed by atoms with Crippen molar-refractivity contribution in [2.24, 2.45) is 0 Å². The molecule has 0 spiro atoms. The Labute approximate surface area is 226 Å². The fourth-order valence-corrected chi connectivity index (χ4v) is 5.05. The van der Waals surface area contributed by atoms with Gasteiger partial charge in [0.1, 0.15) is 29.1 Å². The normalized spacial score (nSPS) is 16.2. The van der Waals surface area contributed by atoms with Gasteiger partial charge in [0.15, 0.2) is 5.76 Å². The van der Waals surface area contributed by atoms with E-state index in [1.165, 1.54) is 14.2 Å². The van der Waals surface area contributed by atoms with Crippen LogP contribution < -0.4 is 9.64 Å². The van der Waals surface area contributed by atoms with Crippen molar-refractivity contribution in [2.45, 2.75) is 12.1 Å². The lowest BCUT2D eigenvalue weighted by molar-refractivity contribution is 0.0529. The fourth-order valence-electron chi connectivity index (χ4n) is 4.68. The van der Waals surface area contributed by atoms with E-state index in [2.05, 4.69) is 20.9 Å². The predicted molar refractivity (Wildman–Crippen MR) is 142 cm³/mol. The van der Waals surface area contributed by atoms with Gasteiger partial charge >= 0.3 is 11.9 Å². The molecule has 2 aromatic carbocycles. The highest BCUT2D eigenvalue weighted by Crippen LogP contribution is 2.54. The van der Waals surface area contributed by atoms with Crippen LogP contribution in [0.25, 0.3) is 11.3 Å². The van der Waals surface area contributed by atoms with E-state index >= 15 is 0 Å². The highest BCUT2D eigenvalue weighted by Gasteiger charge is 2.44. The Morgan fingerprint density at radius 1 is 1.00 bits per heavy atom. The number of halogens is 1. The van der Waals surface area contributed by atoms with Crippen LogP contribution in [0.15, 0.2) is 75.8 Å². The van der Waals surface area contributed by atoms with Crippen molar-refractivity contribution in [2.75, 3.05) is 26.2 Å². The lowest BCUT2D eigenvalue weighted by Crippen LogP contribution is -2.30. The minimum atomic E-state index is -1.13. The molecule has 194 valence electrons. The van der Waals surface area contributed by atoms with Crippen LogP contribution in [0.2, 0.25) is 0 Å². The smallest absolute Gasteiger partial charge is 0.374 e. The minimum absolute atomic E-state index is 0.130. The second kappa shape index (κ2) is 10.3. The van der Waals surface area contributed by atoms with Gasteiger partial charge in [-0.05, 0) is 60.2 Å². The van der Waals surface area contributed by atoms with E-state index in [1.807, 2.05) is 6.07 Å². The van der Waals surface area contributed by atoms with Crippen LogP contribution in [0.5, 0.6) is 5.75 Å². The summed E-state index contributed by atoms with van der Waals surface area (Å²) in [6, 6.07) is 16.9. The van der Waals surface area contributed by atoms with Crippen LogP contribution in [0, 0.1) is 0 Å². The highest BCUT2D eigenvalue weighted by molar-refractivity contribution is 9.10. The number of carbonyl (C=O) groups is 2. The van der Waals surface area contributed by atoms with Crippen LogP contribution >= 0.6 is 15.9 Å². The van der Waals surface area contributed by atoms with Crippen molar-refractivity contribution in [3.63, 3.8) is 0 Å². The zero-order valence-electron chi connectivity index (χ0n) is 20.7. The quantitative estimate of drug-likeness (QED) is 0.302. The van der Waals surface area contributed by atoms with Gasteiger partial charge in [0.2, 0.25) is 5.76 Å². The molecule has 4 aromatic rings. The van der Waals surface area contributed by atoms with Crippen LogP contribution in [0.4, 0.5) is 11.4 Å². The summed E-state index contributed by atoms with van der Waals surface area (Å²) in [5.74, 6) is -1.15. The zero-order chi connectivity index (χ0) is 27.0. The molecule has 0 saturated heterocycles. The molecule has 1 N–H and O–H groups in total. The summed E-state index contributed by atoms with van der Waals surface area (Å²) in [6.07, 6.45) is 0.493. The Morgan fingerprint density at radius 2 is 1.74 bits per heavy atom. The first-order chi connectivity index (χ1) is 18.4. The standard InChI is InChI=1S/C28H23BrN2O7/c1-35-17-10-8-16(9-11-17)31-22(20-6-4-5-13-30-20)24(32)19-14-15(29)7-12-18(19)25-23(31)21(27(33)36-2)26(38-25)28(34)37-3/h4-14,22,24,32H,1-3H3/t22-,24-/m1/s1. The number of aliphatic hydroxyl groups is 1. The van der Waals surface area contributed by atoms with Gasteiger partial charge in [-0.15, -0.1) is 0 Å². The van der Waals surface area contributed by atoms with E-state index in [1.54, 1.807) is 72.8 Å². The molecule has 2 aromatic heterocycles. The monoisotopic (exact) mass is 578 g/mol. The third-order valence-corrected chi connectivity index (χ3v) is 6.87. The number of esters is 2. The average Bonchev–Trinajstić information content (AvgIpc) is 3.31. The van der Waals surface area contributed by atoms with Crippen molar-refractivity contribution in [3.8, 4) is 17.1 Å². The van der Waals surface area contributed by atoms with Crippen molar-refractivity contribution < 1.29 is 33.3 Å². The molecule has 9 nitrogen and oxygen atoms in total. The second-order valence-corrected chi connectivity index (χ2v) is 9.33. The largest absolute Gasteiger partial charge is 0.497 e. The number of hydrogen-bond acceptors (Lipinski definition) is 9. The number of ether oxygens (including phenoxy) is 3. The van der Waals surface area contributed by atoms with Gasteiger partial charge in [-0.25, -0.2) is 9.59 Å². The first-order valence-electron chi connectivity index (χ1n) is 11.5. The highest BCUT2D eigenvalue weighted by atomic mass is 79.9. The first-order valence-corrected chi connectivity index (χ1v) is 12.3. The van der Waals surface area contributed by atoms with E-state index in [4.69, 9.17) is 18.6 Å². The molecule has 1 aliphatic heterocycles. The molecule has 3 heterocycles. The number of nitrogens with zero attached hydrogens (tertiary/aromatic N) is 2. The van der Waals surface area contributed by atoms with Crippen molar-refractivity contribution in [3.05, 3.63) is 93.9 Å². The zero-order valence-corrected chi connectivity index (χ0v) is 22.3. The van der Waals surface area contributed by atoms with E-state index in [0.29, 0.717) is 28.3 Å². The molecule has 10 heteroatoms. The molecule has 0 unspecified atom stereocenters. The molecule has 1 aliphatic rings. The van der Waals surface area contributed by atoms with Gasteiger partial charge in [0.25, 0.3) is 0 Å². The van der Waals surface area contributed by atoms with Crippen molar-refractivity contribution in [1.82, 2.24) is 4.98 Å². The third-order valence-electron chi connectivity index (χ3n) is 6.38. The summed E-state index contributed by atoms with van der Waals surface area (Å²) >= 11 is 3.49. The number of benzene rings is 2. The number of methoxy groups -OCH3 is 3. The van der Waals surface area contributed by atoms with E-state index < -0.39 is 24.1 Å². The number of anilines is 2. The lowest BCUT2D eigenvalue weighted by Gasteiger charge is -2.35. The number of aromatic nitrogens is 1. The topological polar surface area (TPSA) is 111 Å². The number of furan rings is 1. The van der Waals surface area contributed by atoms with Gasteiger partial charge in [0.05, 0.1) is 27.0 Å².